The normalized spacial score (nSPS) is 17.9. The van der Waals surface area contributed by atoms with Gasteiger partial charge in [-0.1, -0.05) is 13.3 Å². The number of piperazine rings is 1. The number of nitrogens with zero attached hydrogens (tertiary/aromatic N) is 2. The van der Waals surface area contributed by atoms with E-state index < -0.39 is 0 Å². The van der Waals surface area contributed by atoms with Gasteiger partial charge in [-0.2, -0.15) is 0 Å². The molecule has 1 unspecified atom stereocenters. The second-order valence-corrected chi connectivity index (χ2v) is 5.48. The van der Waals surface area contributed by atoms with Crippen molar-refractivity contribution in [3.05, 3.63) is 0 Å². The first-order valence-electron chi connectivity index (χ1n) is 7.43. The van der Waals surface area contributed by atoms with Gasteiger partial charge in [0.2, 0.25) is 5.91 Å². The van der Waals surface area contributed by atoms with E-state index in [0.29, 0.717) is 0 Å². The van der Waals surface area contributed by atoms with Crippen LogP contribution in [0.2, 0.25) is 0 Å². The van der Waals surface area contributed by atoms with E-state index in [0.717, 1.165) is 52.2 Å². The summed E-state index contributed by atoms with van der Waals surface area (Å²) in [6.45, 7) is 11.3. The molecule has 0 aromatic heterocycles. The van der Waals surface area contributed by atoms with Gasteiger partial charge in [0.05, 0.1) is 18.8 Å². The monoisotopic (exact) mass is 307 g/mol. The smallest absolute Gasteiger partial charge is 0.239 e. The van der Waals surface area contributed by atoms with Crippen LogP contribution < -0.4 is 5.73 Å². The van der Waals surface area contributed by atoms with Crippen LogP contribution in [0, 0.1) is 0 Å². The predicted molar refractivity (Wildman–Crippen MR) is 84.2 cm³/mol. The molecule has 20 heavy (non-hydrogen) atoms. The largest absolute Gasteiger partial charge is 0.377 e. The summed E-state index contributed by atoms with van der Waals surface area (Å²) < 4.78 is 5.55. The van der Waals surface area contributed by atoms with Crippen molar-refractivity contribution in [2.75, 3.05) is 39.3 Å². The molecule has 5 nitrogen and oxygen atoms in total. The van der Waals surface area contributed by atoms with Crippen LogP contribution in [-0.4, -0.2) is 67.2 Å². The zero-order chi connectivity index (χ0) is 14.3. The summed E-state index contributed by atoms with van der Waals surface area (Å²) in [5.74, 6) is 0.111. The number of carbonyl (C=O) groups is 1. The van der Waals surface area contributed by atoms with Crippen molar-refractivity contribution in [3.63, 3.8) is 0 Å². The Hall–Kier alpha value is -0.360. The highest BCUT2D eigenvalue weighted by Crippen LogP contribution is 2.06. The molecule has 1 heterocycles. The Balaban J connectivity index is 0.00000361. The van der Waals surface area contributed by atoms with Gasteiger partial charge in [0.15, 0.2) is 0 Å². The Labute approximate surface area is 129 Å². The molecule has 120 valence electrons. The number of amides is 1. The van der Waals surface area contributed by atoms with Crippen LogP contribution in [-0.2, 0) is 9.53 Å². The minimum Gasteiger partial charge on any atom is -0.377 e. The van der Waals surface area contributed by atoms with Crippen molar-refractivity contribution in [2.24, 2.45) is 5.73 Å². The van der Waals surface area contributed by atoms with Gasteiger partial charge in [0.1, 0.15) is 0 Å². The second-order valence-electron chi connectivity index (χ2n) is 5.48. The SMILES string of the molecule is CCCC(N)C(=O)N1CCN(CCOC(C)C)CC1.Cl. The number of hydrogen-bond donors (Lipinski definition) is 1. The Kier molecular flexibility index (Phi) is 10.2. The molecule has 1 rings (SSSR count). The standard InChI is InChI=1S/C14H29N3O2.ClH/c1-4-5-13(15)14(18)17-8-6-16(7-9-17)10-11-19-12(2)3;/h12-13H,4-11,15H2,1-3H3;1H. The lowest BCUT2D eigenvalue weighted by Crippen LogP contribution is -2.53. The molecule has 0 spiro atoms. The van der Waals surface area contributed by atoms with Crippen molar-refractivity contribution in [1.82, 2.24) is 9.80 Å². The summed E-state index contributed by atoms with van der Waals surface area (Å²) in [4.78, 5) is 16.3. The minimum atomic E-state index is -0.319. The zero-order valence-electron chi connectivity index (χ0n) is 13.0. The molecular weight excluding hydrogens is 278 g/mol. The fraction of sp³-hybridized carbons (Fsp3) is 0.929. The molecule has 1 fully saturated rings. The van der Waals surface area contributed by atoms with E-state index in [9.17, 15) is 4.79 Å². The van der Waals surface area contributed by atoms with E-state index in [2.05, 4.69) is 11.8 Å². The van der Waals surface area contributed by atoms with Crippen molar-refractivity contribution in [1.29, 1.82) is 0 Å². The molecule has 1 aliphatic heterocycles. The molecule has 1 atom stereocenters. The molecule has 0 bridgehead atoms. The molecular formula is C14H30ClN3O2. The number of hydrogen-bond acceptors (Lipinski definition) is 4. The lowest BCUT2D eigenvalue weighted by molar-refractivity contribution is -0.134. The summed E-state index contributed by atoms with van der Waals surface area (Å²) in [5, 5.41) is 0. The maximum absolute atomic E-state index is 12.1. The highest BCUT2D eigenvalue weighted by atomic mass is 35.5. The zero-order valence-corrected chi connectivity index (χ0v) is 13.8. The third-order valence-electron chi connectivity index (χ3n) is 3.46. The molecule has 0 aliphatic carbocycles. The summed E-state index contributed by atoms with van der Waals surface area (Å²) in [5.41, 5.74) is 5.88. The van der Waals surface area contributed by atoms with Crippen LogP contribution in [0.5, 0.6) is 0 Å². The van der Waals surface area contributed by atoms with Gasteiger partial charge in [0.25, 0.3) is 0 Å². The van der Waals surface area contributed by atoms with Crippen molar-refractivity contribution >= 4 is 18.3 Å². The molecule has 1 aliphatic rings. The average molecular weight is 308 g/mol. The number of carbonyl (C=O) groups excluding carboxylic acids is 1. The Morgan fingerprint density at radius 1 is 1.25 bits per heavy atom. The molecule has 0 radical (unpaired) electrons. The first-order valence-corrected chi connectivity index (χ1v) is 7.43. The van der Waals surface area contributed by atoms with Gasteiger partial charge in [0, 0.05) is 32.7 Å². The molecule has 2 N–H and O–H groups in total. The molecule has 1 saturated heterocycles. The van der Waals surface area contributed by atoms with Crippen LogP contribution >= 0.6 is 12.4 Å². The van der Waals surface area contributed by atoms with Gasteiger partial charge in [-0.05, 0) is 20.3 Å². The van der Waals surface area contributed by atoms with Crippen LogP contribution in [0.1, 0.15) is 33.6 Å². The highest BCUT2D eigenvalue weighted by molar-refractivity contribution is 5.85. The van der Waals surface area contributed by atoms with Crippen LogP contribution in [0.15, 0.2) is 0 Å². The summed E-state index contributed by atoms with van der Waals surface area (Å²) in [7, 11) is 0. The molecule has 6 heteroatoms. The third kappa shape index (κ3) is 6.88. The first kappa shape index (κ1) is 19.6. The number of ether oxygens (including phenoxy) is 1. The van der Waals surface area contributed by atoms with E-state index >= 15 is 0 Å². The third-order valence-corrected chi connectivity index (χ3v) is 3.46. The van der Waals surface area contributed by atoms with E-state index in [1.807, 2.05) is 18.7 Å². The first-order chi connectivity index (χ1) is 9.04. The van der Waals surface area contributed by atoms with Gasteiger partial charge in [-0.3, -0.25) is 9.69 Å². The van der Waals surface area contributed by atoms with Gasteiger partial charge >= 0.3 is 0 Å². The number of halogens is 1. The Morgan fingerprint density at radius 3 is 2.35 bits per heavy atom. The fourth-order valence-electron chi connectivity index (χ4n) is 2.28. The predicted octanol–water partition coefficient (Wildman–Crippen LogP) is 1.10. The molecule has 1 amide bonds. The number of rotatable bonds is 7. The van der Waals surface area contributed by atoms with Crippen molar-refractivity contribution in [2.45, 2.75) is 45.8 Å². The van der Waals surface area contributed by atoms with Gasteiger partial charge < -0.3 is 15.4 Å². The van der Waals surface area contributed by atoms with E-state index in [4.69, 9.17) is 10.5 Å². The summed E-state index contributed by atoms with van der Waals surface area (Å²) >= 11 is 0. The van der Waals surface area contributed by atoms with Crippen molar-refractivity contribution < 1.29 is 9.53 Å². The lowest BCUT2D eigenvalue weighted by atomic mass is 10.1. The van der Waals surface area contributed by atoms with E-state index in [1.54, 1.807) is 0 Å². The highest BCUT2D eigenvalue weighted by Gasteiger charge is 2.24. The molecule has 0 saturated carbocycles. The van der Waals surface area contributed by atoms with Crippen LogP contribution in [0.4, 0.5) is 0 Å². The fourth-order valence-corrected chi connectivity index (χ4v) is 2.28. The maximum atomic E-state index is 12.1. The molecule has 0 aromatic rings. The second kappa shape index (κ2) is 10.4. The van der Waals surface area contributed by atoms with Crippen LogP contribution in [0.25, 0.3) is 0 Å². The summed E-state index contributed by atoms with van der Waals surface area (Å²) in [6.07, 6.45) is 2.02. The molecule has 0 aromatic carbocycles. The summed E-state index contributed by atoms with van der Waals surface area (Å²) in [6, 6.07) is -0.319. The van der Waals surface area contributed by atoms with Gasteiger partial charge in [-0.25, -0.2) is 0 Å². The number of nitrogens with two attached hydrogens (primary N) is 1. The van der Waals surface area contributed by atoms with E-state index in [-0.39, 0.29) is 30.5 Å². The van der Waals surface area contributed by atoms with Crippen molar-refractivity contribution in [3.8, 4) is 0 Å². The Bertz CT molecular complexity index is 269. The minimum absolute atomic E-state index is 0. The maximum Gasteiger partial charge on any atom is 0.239 e. The van der Waals surface area contributed by atoms with Gasteiger partial charge in [-0.15, -0.1) is 12.4 Å². The quantitative estimate of drug-likeness (QED) is 0.765. The topological polar surface area (TPSA) is 58.8 Å². The lowest BCUT2D eigenvalue weighted by Gasteiger charge is -2.35. The van der Waals surface area contributed by atoms with Crippen LogP contribution in [0.3, 0.4) is 0 Å². The van der Waals surface area contributed by atoms with E-state index in [1.165, 1.54) is 0 Å². The average Bonchev–Trinajstić information content (AvgIpc) is 2.38. The Morgan fingerprint density at radius 2 is 1.85 bits per heavy atom.